The molecule has 1 heterocycles. The van der Waals surface area contributed by atoms with Gasteiger partial charge in [-0.15, -0.1) is 12.4 Å². The summed E-state index contributed by atoms with van der Waals surface area (Å²) >= 11 is 0. The van der Waals surface area contributed by atoms with E-state index in [4.69, 9.17) is 10.5 Å². The molecule has 3 N–H and O–H groups in total. The van der Waals surface area contributed by atoms with Crippen molar-refractivity contribution in [2.24, 2.45) is 5.73 Å². The van der Waals surface area contributed by atoms with Crippen molar-refractivity contribution in [3.05, 3.63) is 30.0 Å². The fourth-order valence-electron chi connectivity index (χ4n) is 2.02. The number of hydrogen-bond donors (Lipinski definition) is 2. The standard InChI is InChI=1S/C13H18N2O.ClH/c1-3-4-12(14)11-8-15-13-6-5-9(16-2)7-10(11)13;/h5-8,12,15H,3-4,14H2,1-2H3;1H/t12-;/m0./s1. The number of H-pyrrole nitrogens is 1. The lowest BCUT2D eigenvalue weighted by atomic mass is 10.0. The van der Waals surface area contributed by atoms with Crippen molar-refractivity contribution in [3.8, 4) is 5.75 Å². The summed E-state index contributed by atoms with van der Waals surface area (Å²) in [5.74, 6) is 0.872. The van der Waals surface area contributed by atoms with E-state index < -0.39 is 0 Å². The summed E-state index contributed by atoms with van der Waals surface area (Å²) in [4.78, 5) is 3.24. The molecule has 3 nitrogen and oxygen atoms in total. The van der Waals surface area contributed by atoms with Crippen LogP contribution in [-0.2, 0) is 0 Å². The van der Waals surface area contributed by atoms with E-state index in [1.807, 2.05) is 24.4 Å². The maximum absolute atomic E-state index is 6.15. The molecule has 0 aliphatic heterocycles. The number of benzene rings is 1. The summed E-state index contributed by atoms with van der Waals surface area (Å²) < 4.78 is 5.23. The minimum absolute atomic E-state index is 0. The highest BCUT2D eigenvalue weighted by Crippen LogP contribution is 2.28. The first-order valence-corrected chi connectivity index (χ1v) is 5.67. The lowest BCUT2D eigenvalue weighted by Gasteiger charge is -2.09. The van der Waals surface area contributed by atoms with Crippen molar-refractivity contribution in [2.45, 2.75) is 25.8 Å². The fourth-order valence-corrected chi connectivity index (χ4v) is 2.02. The van der Waals surface area contributed by atoms with Crippen LogP contribution in [0.2, 0.25) is 0 Å². The Hall–Kier alpha value is -1.19. The quantitative estimate of drug-likeness (QED) is 0.879. The highest BCUT2D eigenvalue weighted by atomic mass is 35.5. The van der Waals surface area contributed by atoms with Gasteiger partial charge in [0.2, 0.25) is 0 Å². The molecule has 1 aromatic heterocycles. The topological polar surface area (TPSA) is 51.0 Å². The molecule has 94 valence electrons. The van der Waals surface area contributed by atoms with Gasteiger partial charge in [0.15, 0.2) is 0 Å². The van der Waals surface area contributed by atoms with Crippen LogP contribution in [0.15, 0.2) is 24.4 Å². The summed E-state index contributed by atoms with van der Waals surface area (Å²) in [6, 6.07) is 6.12. The molecule has 17 heavy (non-hydrogen) atoms. The van der Waals surface area contributed by atoms with E-state index in [0.717, 1.165) is 24.1 Å². The molecule has 2 rings (SSSR count). The molecular formula is C13H19ClN2O. The molecule has 0 spiro atoms. The zero-order chi connectivity index (χ0) is 11.5. The zero-order valence-electron chi connectivity index (χ0n) is 10.2. The molecule has 1 aromatic carbocycles. The fraction of sp³-hybridized carbons (Fsp3) is 0.385. The van der Waals surface area contributed by atoms with Crippen LogP contribution in [0.4, 0.5) is 0 Å². The van der Waals surface area contributed by atoms with Gasteiger partial charge in [-0.05, 0) is 30.2 Å². The maximum Gasteiger partial charge on any atom is 0.119 e. The molecule has 0 fully saturated rings. The Labute approximate surface area is 108 Å². The van der Waals surface area contributed by atoms with E-state index >= 15 is 0 Å². The second-order valence-corrected chi connectivity index (χ2v) is 4.05. The normalized spacial score (nSPS) is 12.2. The Bertz CT molecular complexity index is 481. The maximum atomic E-state index is 6.15. The first-order chi connectivity index (χ1) is 7.76. The van der Waals surface area contributed by atoms with Gasteiger partial charge >= 0.3 is 0 Å². The highest BCUT2D eigenvalue weighted by Gasteiger charge is 2.11. The lowest BCUT2D eigenvalue weighted by Crippen LogP contribution is -2.08. The van der Waals surface area contributed by atoms with Gasteiger partial charge in [-0.1, -0.05) is 13.3 Å². The van der Waals surface area contributed by atoms with Gasteiger partial charge in [-0.2, -0.15) is 0 Å². The third-order valence-corrected chi connectivity index (χ3v) is 2.92. The average Bonchev–Trinajstić information content (AvgIpc) is 2.71. The second-order valence-electron chi connectivity index (χ2n) is 4.05. The van der Waals surface area contributed by atoms with E-state index in [-0.39, 0.29) is 18.4 Å². The minimum Gasteiger partial charge on any atom is -0.497 e. The molecule has 4 heteroatoms. The number of methoxy groups -OCH3 is 1. The van der Waals surface area contributed by atoms with Crippen molar-refractivity contribution in [3.63, 3.8) is 0 Å². The third kappa shape index (κ3) is 2.73. The Kier molecular flexibility index (Phi) is 4.85. The number of aromatic amines is 1. The van der Waals surface area contributed by atoms with Gasteiger partial charge in [0.25, 0.3) is 0 Å². The van der Waals surface area contributed by atoms with Gasteiger partial charge in [-0.3, -0.25) is 0 Å². The summed E-state index contributed by atoms with van der Waals surface area (Å²) in [6.45, 7) is 2.15. The average molecular weight is 255 g/mol. The van der Waals surface area contributed by atoms with E-state index in [0.29, 0.717) is 0 Å². The summed E-state index contributed by atoms with van der Waals surface area (Å²) in [5, 5.41) is 1.17. The number of halogens is 1. The van der Waals surface area contributed by atoms with Gasteiger partial charge in [0, 0.05) is 23.1 Å². The molecule has 1 atom stereocenters. The molecule has 0 unspecified atom stereocenters. The SMILES string of the molecule is CCC[C@H](N)c1c[nH]c2ccc(OC)cc12.Cl. The van der Waals surface area contributed by atoms with Crippen molar-refractivity contribution in [2.75, 3.05) is 7.11 Å². The molecule has 0 aliphatic carbocycles. The highest BCUT2D eigenvalue weighted by molar-refractivity contribution is 5.85. The summed E-state index contributed by atoms with van der Waals surface area (Å²) in [5.41, 5.74) is 8.44. The van der Waals surface area contributed by atoms with Crippen LogP contribution in [0, 0.1) is 0 Å². The second kappa shape index (κ2) is 5.94. The van der Waals surface area contributed by atoms with E-state index in [2.05, 4.69) is 11.9 Å². The predicted molar refractivity (Wildman–Crippen MR) is 73.9 cm³/mol. The van der Waals surface area contributed by atoms with Crippen molar-refractivity contribution in [1.82, 2.24) is 4.98 Å². The minimum atomic E-state index is 0. The monoisotopic (exact) mass is 254 g/mol. The van der Waals surface area contributed by atoms with Gasteiger partial charge in [0.1, 0.15) is 5.75 Å². The third-order valence-electron chi connectivity index (χ3n) is 2.92. The van der Waals surface area contributed by atoms with Gasteiger partial charge < -0.3 is 15.5 Å². The van der Waals surface area contributed by atoms with Crippen LogP contribution >= 0.6 is 12.4 Å². The number of rotatable bonds is 4. The number of aromatic nitrogens is 1. The zero-order valence-corrected chi connectivity index (χ0v) is 11.0. The van der Waals surface area contributed by atoms with Crippen LogP contribution in [0.3, 0.4) is 0 Å². The van der Waals surface area contributed by atoms with Crippen molar-refractivity contribution in [1.29, 1.82) is 0 Å². The first-order valence-electron chi connectivity index (χ1n) is 5.67. The molecule has 0 saturated carbocycles. The largest absolute Gasteiger partial charge is 0.497 e. The molecule has 0 saturated heterocycles. The van der Waals surface area contributed by atoms with Crippen LogP contribution in [0.1, 0.15) is 31.4 Å². The predicted octanol–water partition coefficient (Wildman–Crippen LogP) is 3.40. The van der Waals surface area contributed by atoms with Crippen LogP contribution in [-0.4, -0.2) is 12.1 Å². The molecule has 0 amide bonds. The number of nitrogens with one attached hydrogen (secondary N) is 1. The van der Waals surface area contributed by atoms with E-state index in [1.165, 1.54) is 10.9 Å². The van der Waals surface area contributed by atoms with Gasteiger partial charge in [0.05, 0.1) is 7.11 Å². The number of fused-ring (bicyclic) bond motifs is 1. The summed E-state index contributed by atoms with van der Waals surface area (Å²) in [6.07, 6.45) is 4.10. The smallest absolute Gasteiger partial charge is 0.119 e. The Morgan fingerprint density at radius 1 is 1.41 bits per heavy atom. The number of ether oxygens (including phenoxy) is 1. The molecule has 0 bridgehead atoms. The Morgan fingerprint density at radius 3 is 2.82 bits per heavy atom. The first kappa shape index (κ1) is 13.9. The summed E-state index contributed by atoms with van der Waals surface area (Å²) in [7, 11) is 1.68. The molecule has 0 radical (unpaired) electrons. The van der Waals surface area contributed by atoms with Gasteiger partial charge in [-0.25, -0.2) is 0 Å². The van der Waals surface area contributed by atoms with E-state index in [1.54, 1.807) is 7.11 Å². The lowest BCUT2D eigenvalue weighted by molar-refractivity contribution is 0.415. The van der Waals surface area contributed by atoms with Crippen molar-refractivity contribution < 1.29 is 4.74 Å². The number of hydrogen-bond acceptors (Lipinski definition) is 2. The van der Waals surface area contributed by atoms with Crippen LogP contribution in [0.25, 0.3) is 10.9 Å². The molecular weight excluding hydrogens is 236 g/mol. The van der Waals surface area contributed by atoms with Crippen LogP contribution in [0.5, 0.6) is 5.75 Å². The van der Waals surface area contributed by atoms with E-state index in [9.17, 15) is 0 Å². The molecule has 0 aliphatic rings. The van der Waals surface area contributed by atoms with Crippen molar-refractivity contribution >= 4 is 23.3 Å². The Balaban J connectivity index is 0.00000144. The van der Waals surface area contributed by atoms with Crippen LogP contribution < -0.4 is 10.5 Å². The Morgan fingerprint density at radius 2 is 2.18 bits per heavy atom. The number of nitrogens with two attached hydrogens (primary N) is 1. The molecule has 2 aromatic rings.